The van der Waals surface area contributed by atoms with E-state index in [1.54, 1.807) is 48.9 Å². The summed E-state index contributed by atoms with van der Waals surface area (Å²) in [5, 5.41) is 7.78. The van der Waals surface area contributed by atoms with E-state index < -0.39 is 0 Å². The van der Waals surface area contributed by atoms with Gasteiger partial charge in [-0.1, -0.05) is 53.5 Å². The highest BCUT2D eigenvalue weighted by Crippen LogP contribution is 2.36. The van der Waals surface area contributed by atoms with E-state index in [1.165, 1.54) is 0 Å². The van der Waals surface area contributed by atoms with E-state index in [4.69, 9.17) is 4.52 Å². The second kappa shape index (κ2) is 8.68. The summed E-state index contributed by atoms with van der Waals surface area (Å²) in [4.78, 5) is 16.1. The third-order valence-corrected chi connectivity index (χ3v) is 4.96. The summed E-state index contributed by atoms with van der Waals surface area (Å²) in [5.74, 6) is 1.22. The predicted octanol–water partition coefficient (Wildman–Crippen LogP) is 5.24. The molecular weight excluding hydrogens is 366 g/mol. The Kier molecular flexibility index (Phi) is 6.08. The molecule has 8 heteroatoms. The number of nitrogens with zero attached hydrogens (tertiary/aromatic N) is 4. The van der Waals surface area contributed by atoms with Crippen LogP contribution in [0.3, 0.4) is 0 Å². The second-order valence-corrected chi connectivity index (χ2v) is 7.56. The average molecular weight is 384 g/mol. The molecule has 3 rings (SSSR count). The predicted molar refractivity (Wildman–Crippen MR) is 105 cm³/mol. The van der Waals surface area contributed by atoms with Gasteiger partial charge in [-0.05, 0) is 37.0 Å². The van der Waals surface area contributed by atoms with E-state index in [0.717, 1.165) is 19.7 Å². The van der Waals surface area contributed by atoms with E-state index in [-0.39, 0.29) is 0 Å². The van der Waals surface area contributed by atoms with E-state index >= 15 is 0 Å². The lowest BCUT2D eigenvalue weighted by Gasteiger charge is -2.10. The molecular formula is C18H17N5OS2. The average Bonchev–Trinajstić information content (AvgIpc) is 3.03. The van der Waals surface area contributed by atoms with Crippen LogP contribution in [0.4, 0.5) is 11.8 Å². The molecule has 26 heavy (non-hydrogen) atoms. The van der Waals surface area contributed by atoms with Gasteiger partial charge in [0, 0.05) is 17.3 Å². The number of allylic oxidation sites excluding steroid dienone is 3. The van der Waals surface area contributed by atoms with Crippen LogP contribution >= 0.6 is 23.5 Å². The lowest BCUT2D eigenvalue weighted by atomic mass is 10.4. The van der Waals surface area contributed by atoms with Crippen molar-refractivity contribution in [1.82, 2.24) is 20.1 Å². The van der Waals surface area contributed by atoms with Crippen molar-refractivity contribution in [3.05, 3.63) is 66.1 Å². The Balaban J connectivity index is 1.89. The van der Waals surface area contributed by atoms with Gasteiger partial charge in [-0.15, -0.1) is 0 Å². The Labute approximate surface area is 160 Å². The molecule has 0 unspecified atom stereocenters. The Morgan fingerprint density at radius 3 is 2.88 bits per heavy atom. The topological polar surface area (TPSA) is 76.7 Å². The van der Waals surface area contributed by atoms with Crippen molar-refractivity contribution in [2.45, 2.75) is 28.7 Å². The van der Waals surface area contributed by atoms with Gasteiger partial charge in [0.1, 0.15) is 10.8 Å². The summed E-state index contributed by atoms with van der Waals surface area (Å²) in [5.41, 5.74) is 0. The number of aryl methyl sites for hydroxylation is 1. The van der Waals surface area contributed by atoms with Crippen molar-refractivity contribution in [2.75, 3.05) is 5.32 Å². The first kappa shape index (κ1) is 18.2. The fourth-order valence-corrected chi connectivity index (χ4v) is 3.76. The van der Waals surface area contributed by atoms with Gasteiger partial charge in [-0.2, -0.15) is 4.98 Å². The summed E-state index contributed by atoms with van der Waals surface area (Å²) >= 11 is 3.14. The molecule has 0 bridgehead atoms. The smallest absolute Gasteiger partial charge is 0.315 e. The van der Waals surface area contributed by atoms with Gasteiger partial charge in [-0.3, -0.25) is 5.32 Å². The summed E-state index contributed by atoms with van der Waals surface area (Å²) in [7, 11) is 0. The number of rotatable bonds is 7. The first-order chi connectivity index (χ1) is 12.6. The van der Waals surface area contributed by atoms with E-state index in [1.807, 2.05) is 31.2 Å². The fourth-order valence-electron chi connectivity index (χ4n) is 2.00. The molecule has 0 aliphatic carbocycles. The van der Waals surface area contributed by atoms with E-state index in [0.29, 0.717) is 17.7 Å². The molecule has 0 radical (unpaired) electrons. The molecule has 3 aromatic heterocycles. The standard InChI is InChI=1S/C18H17N5OS2/c1-4-7-12(2)25-15-10-14(26-16-8-5-6-9-19-16)11-20-17(15)22-18-21-13(3)23-24-18/h4-11H,1H2,2-3H3,(H,20,21,22,23)/b12-7+. The monoisotopic (exact) mass is 383 g/mol. The number of pyridine rings is 2. The largest absolute Gasteiger partial charge is 0.327 e. The van der Waals surface area contributed by atoms with Crippen LogP contribution in [0.25, 0.3) is 0 Å². The minimum Gasteiger partial charge on any atom is -0.315 e. The molecule has 0 saturated heterocycles. The lowest BCUT2D eigenvalue weighted by Crippen LogP contribution is -1.97. The van der Waals surface area contributed by atoms with Crippen molar-refractivity contribution < 1.29 is 4.52 Å². The molecule has 6 nitrogen and oxygen atoms in total. The molecule has 0 fully saturated rings. The Morgan fingerprint density at radius 1 is 1.31 bits per heavy atom. The fraction of sp³-hybridized carbons (Fsp3) is 0.111. The van der Waals surface area contributed by atoms with Crippen molar-refractivity contribution in [3.63, 3.8) is 0 Å². The molecule has 3 aromatic rings. The second-order valence-electron chi connectivity index (χ2n) is 5.17. The molecule has 0 saturated carbocycles. The molecule has 0 aliphatic heterocycles. The van der Waals surface area contributed by atoms with Crippen LogP contribution in [0, 0.1) is 6.92 Å². The van der Waals surface area contributed by atoms with Gasteiger partial charge in [0.25, 0.3) is 0 Å². The number of anilines is 2. The summed E-state index contributed by atoms with van der Waals surface area (Å²) in [6.07, 6.45) is 7.28. The molecule has 0 amide bonds. The first-order valence-electron chi connectivity index (χ1n) is 7.77. The van der Waals surface area contributed by atoms with Crippen molar-refractivity contribution in [1.29, 1.82) is 0 Å². The number of hydrogen-bond donors (Lipinski definition) is 1. The van der Waals surface area contributed by atoms with Gasteiger partial charge < -0.3 is 4.52 Å². The van der Waals surface area contributed by atoms with Gasteiger partial charge in [-0.25, -0.2) is 9.97 Å². The quantitative estimate of drug-likeness (QED) is 0.438. The van der Waals surface area contributed by atoms with Gasteiger partial charge in [0.2, 0.25) is 0 Å². The summed E-state index contributed by atoms with van der Waals surface area (Å²) < 4.78 is 5.13. The third-order valence-electron chi connectivity index (χ3n) is 3.06. The van der Waals surface area contributed by atoms with E-state index in [2.05, 4.69) is 38.1 Å². The van der Waals surface area contributed by atoms with E-state index in [9.17, 15) is 0 Å². The zero-order valence-electron chi connectivity index (χ0n) is 14.3. The maximum absolute atomic E-state index is 5.13. The van der Waals surface area contributed by atoms with Crippen LogP contribution in [-0.2, 0) is 0 Å². The minimum atomic E-state index is 0.312. The molecule has 0 aliphatic rings. The van der Waals surface area contributed by atoms with Crippen molar-refractivity contribution >= 4 is 35.4 Å². The van der Waals surface area contributed by atoms with Crippen LogP contribution in [0.5, 0.6) is 0 Å². The molecule has 1 N–H and O–H groups in total. The SMILES string of the molecule is C=C/C=C(\C)Sc1cc(Sc2ccccn2)cnc1Nc1nc(C)no1. The molecule has 0 atom stereocenters. The normalized spacial score (nSPS) is 11.4. The highest BCUT2D eigenvalue weighted by atomic mass is 32.2. The molecule has 132 valence electrons. The van der Waals surface area contributed by atoms with Gasteiger partial charge in [0.15, 0.2) is 5.82 Å². The number of hydrogen-bond acceptors (Lipinski definition) is 8. The van der Waals surface area contributed by atoms with Crippen molar-refractivity contribution in [3.8, 4) is 0 Å². The van der Waals surface area contributed by atoms with Crippen LogP contribution in [0.15, 0.2) is 79.6 Å². The van der Waals surface area contributed by atoms with Gasteiger partial charge >= 0.3 is 6.01 Å². The Morgan fingerprint density at radius 2 is 2.19 bits per heavy atom. The highest BCUT2D eigenvalue weighted by molar-refractivity contribution is 8.03. The van der Waals surface area contributed by atoms with Gasteiger partial charge in [0.05, 0.1) is 4.90 Å². The third kappa shape index (κ3) is 4.96. The first-order valence-corrected chi connectivity index (χ1v) is 9.41. The molecule has 0 spiro atoms. The van der Waals surface area contributed by atoms with Crippen LogP contribution in [0.2, 0.25) is 0 Å². The summed E-state index contributed by atoms with van der Waals surface area (Å²) in [6, 6.07) is 8.19. The van der Waals surface area contributed by atoms with Crippen LogP contribution < -0.4 is 5.32 Å². The molecule has 0 aromatic carbocycles. The maximum Gasteiger partial charge on any atom is 0.327 e. The molecule has 3 heterocycles. The van der Waals surface area contributed by atoms with Crippen LogP contribution in [-0.4, -0.2) is 20.1 Å². The maximum atomic E-state index is 5.13. The Bertz CT molecular complexity index is 924. The minimum absolute atomic E-state index is 0.312. The summed E-state index contributed by atoms with van der Waals surface area (Å²) in [6.45, 7) is 7.53. The number of nitrogens with one attached hydrogen (secondary N) is 1. The zero-order valence-corrected chi connectivity index (χ0v) is 16.0. The number of aromatic nitrogens is 4. The highest BCUT2D eigenvalue weighted by Gasteiger charge is 2.12. The zero-order chi connectivity index (χ0) is 18.4. The lowest BCUT2D eigenvalue weighted by molar-refractivity contribution is 0.428. The van der Waals surface area contributed by atoms with Crippen molar-refractivity contribution in [2.24, 2.45) is 0 Å². The number of thioether (sulfide) groups is 1. The Hall–Kier alpha value is -2.58. The van der Waals surface area contributed by atoms with Crippen LogP contribution in [0.1, 0.15) is 12.7 Å².